The first-order valence-corrected chi connectivity index (χ1v) is 6.81. The molecule has 1 aliphatic carbocycles. The zero-order valence-electron chi connectivity index (χ0n) is 11.7. The Kier molecular flexibility index (Phi) is 4.57. The Balaban J connectivity index is 2.06. The third-order valence-electron chi connectivity index (χ3n) is 3.85. The van der Waals surface area contributed by atoms with E-state index >= 15 is 0 Å². The van der Waals surface area contributed by atoms with Gasteiger partial charge in [0.15, 0.2) is 0 Å². The molecule has 1 aromatic carbocycles. The first kappa shape index (κ1) is 15.0. The second-order valence-electron chi connectivity index (χ2n) is 5.36. The van der Waals surface area contributed by atoms with Crippen molar-refractivity contribution in [1.29, 1.82) is 0 Å². The lowest BCUT2D eigenvalue weighted by Crippen LogP contribution is -2.38. The minimum absolute atomic E-state index is 0.235. The summed E-state index contributed by atoms with van der Waals surface area (Å²) in [4.78, 5) is 34.0. The number of aryl methyl sites for hydroxylation is 1. The van der Waals surface area contributed by atoms with Crippen molar-refractivity contribution in [2.75, 3.05) is 5.32 Å². The summed E-state index contributed by atoms with van der Waals surface area (Å²) in [6, 6.07) is 6.91. The maximum Gasteiger partial charge on any atom is 0.306 e. The fraction of sp³-hybridized carbons (Fsp3) is 0.400. The van der Waals surface area contributed by atoms with Crippen LogP contribution < -0.4 is 10.6 Å². The van der Waals surface area contributed by atoms with Crippen LogP contribution in [0.25, 0.3) is 0 Å². The number of carbonyl (C=O) groups is 3. The molecule has 1 aromatic rings. The van der Waals surface area contributed by atoms with Crippen molar-refractivity contribution >= 4 is 24.0 Å². The molecular formula is C15H18N2O4. The molecule has 6 heteroatoms. The number of carboxylic acid groups (broad SMARTS) is 1. The maximum atomic E-state index is 12.3. The maximum absolute atomic E-state index is 12.3. The highest BCUT2D eigenvalue weighted by molar-refractivity contribution is 5.94. The van der Waals surface area contributed by atoms with Gasteiger partial charge in [0, 0.05) is 11.7 Å². The lowest BCUT2D eigenvalue weighted by Gasteiger charge is -2.18. The fourth-order valence-corrected chi connectivity index (χ4v) is 2.67. The largest absolute Gasteiger partial charge is 0.481 e. The van der Waals surface area contributed by atoms with Crippen LogP contribution >= 0.6 is 0 Å². The lowest BCUT2D eigenvalue weighted by atomic mass is 10.0. The number of rotatable bonds is 5. The molecule has 1 fully saturated rings. The van der Waals surface area contributed by atoms with Crippen molar-refractivity contribution in [1.82, 2.24) is 5.32 Å². The van der Waals surface area contributed by atoms with Crippen LogP contribution in [-0.2, 0) is 14.4 Å². The van der Waals surface area contributed by atoms with Crippen molar-refractivity contribution in [3.63, 3.8) is 0 Å². The van der Waals surface area contributed by atoms with Gasteiger partial charge in [0.1, 0.15) is 0 Å². The highest BCUT2D eigenvalue weighted by Gasteiger charge is 2.41. The topological polar surface area (TPSA) is 95.5 Å². The van der Waals surface area contributed by atoms with Gasteiger partial charge in [-0.25, -0.2) is 0 Å². The minimum Gasteiger partial charge on any atom is -0.481 e. The Morgan fingerprint density at radius 2 is 1.90 bits per heavy atom. The summed E-state index contributed by atoms with van der Waals surface area (Å²) in [5, 5.41) is 14.4. The normalized spacial score (nSPS) is 24.3. The molecule has 0 saturated heterocycles. The highest BCUT2D eigenvalue weighted by atomic mass is 16.4. The summed E-state index contributed by atoms with van der Waals surface area (Å²) in [7, 11) is 0. The molecule has 21 heavy (non-hydrogen) atoms. The number of carboxylic acids is 1. The molecule has 0 radical (unpaired) electrons. The smallest absolute Gasteiger partial charge is 0.306 e. The number of benzene rings is 1. The van der Waals surface area contributed by atoms with Crippen LogP contribution in [0.2, 0.25) is 0 Å². The quantitative estimate of drug-likeness (QED) is 0.709. The number of amides is 2. The van der Waals surface area contributed by atoms with Gasteiger partial charge in [-0.1, -0.05) is 17.7 Å². The van der Waals surface area contributed by atoms with E-state index in [1.165, 1.54) is 0 Å². The average Bonchev–Trinajstić information content (AvgIpc) is 2.86. The van der Waals surface area contributed by atoms with E-state index in [-0.39, 0.29) is 18.7 Å². The Bertz CT molecular complexity index is 541. The minimum atomic E-state index is -0.932. The molecule has 0 spiro atoms. The predicted molar refractivity (Wildman–Crippen MR) is 76.6 cm³/mol. The Morgan fingerprint density at radius 1 is 1.24 bits per heavy atom. The van der Waals surface area contributed by atoms with Crippen molar-refractivity contribution < 1.29 is 19.5 Å². The predicted octanol–water partition coefficient (Wildman–Crippen LogP) is 1.16. The molecule has 0 aliphatic heterocycles. The van der Waals surface area contributed by atoms with Crippen LogP contribution in [0.15, 0.2) is 24.3 Å². The second kappa shape index (κ2) is 6.39. The molecule has 0 heterocycles. The third-order valence-corrected chi connectivity index (χ3v) is 3.85. The van der Waals surface area contributed by atoms with Crippen molar-refractivity contribution in [3.8, 4) is 0 Å². The Hall–Kier alpha value is -2.37. The first-order valence-electron chi connectivity index (χ1n) is 6.81. The van der Waals surface area contributed by atoms with E-state index < -0.39 is 23.8 Å². The van der Waals surface area contributed by atoms with Crippen molar-refractivity contribution in [2.24, 2.45) is 11.8 Å². The zero-order valence-corrected chi connectivity index (χ0v) is 11.7. The number of nitrogens with one attached hydrogen (secondary N) is 2. The van der Waals surface area contributed by atoms with E-state index in [2.05, 4.69) is 10.6 Å². The average molecular weight is 290 g/mol. The monoisotopic (exact) mass is 290 g/mol. The van der Waals surface area contributed by atoms with Crippen molar-refractivity contribution in [2.45, 2.75) is 25.8 Å². The summed E-state index contributed by atoms with van der Waals surface area (Å²) in [6.07, 6.45) is 1.03. The number of carbonyl (C=O) groups excluding carboxylic acids is 2. The van der Waals surface area contributed by atoms with E-state index in [0.29, 0.717) is 12.1 Å². The fourth-order valence-electron chi connectivity index (χ4n) is 2.67. The van der Waals surface area contributed by atoms with E-state index in [1.807, 2.05) is 19.1 Å². The first-order chi connectivity index (χ1) is 10.0. The molecule has 112 valence electrons. The van der Waals surface area contributed by atoms with Gasteiger partial charge in [-0.3, -0.25) is 14.4 Å². The van der Waals surface area contributed by atoms with Crippen LogP contribution in [0.1, 0.15) is 18.4 Å². The summed E-state index contributed by atoms with van der Waals surface area (Å²) in [6.45, 7) is 1.95. The van der Waals surface area contributed by atoms with Gasteiger partial charge < -0.3 is 15.7 Å². The summed E-state index contributed by atoms with van der Waals surface area (Å²) >= 11 is 0. The van der Waals surface area contributed by atoms with Gasteiger partial charge in [-0.15, -0.1) is 0 Å². The molecule has 6 nitrogen and oxygen atoms in total. The number of hydrogen-bond donors (Lipinski definition) is 3. The molecule has 3 N–H and O–H groups in total. The lowest BCUT2D eigenvalue weighted by molar-refractivity contribution is -0.141. The summed E-state index contributed by atoms with van der Waals surface area (Å²) in [5.41, 5.74) is 1.74. The zero-order chi connectivity index (χ0) is 15.4. The molecule has 1 aliphatic rings. The number of hydrogen-bond acceptors (Lipinski definition) is 3. The SMILES string of the molecule is Cc1ccc(NC(=O)C2CC(C(=O)O)CC2NC=O)cc1. The highest BCUT2D eigenvalue weighted by Crippen LogP contribution is 2.32. The van der Waals surface area contributed by atoms with Gasteiger partial charge in [-0.2, -0.15) is 0 Å². The van der Waals surface area contributed by atoms with E-state index in [4.69, 9.17) is 5.11 Å². The van der Waals surface area contributed by atoms with Crippen LogP contribution in [0.3, 0.4) is 0 Å². The second-order valence-corrected chi connectivity index (χ2v) is 5.36. The van der Waals surface area contributed by atoms with E-state index in [1.54, 1.807) is 12.1 Å². The molecule has 2 amide bonds. The molecular weight excluding hydrogens is 272 g/mol. The number of aliphatic carboxylic acids is 1. The Morgan fingerprint density at radius 3 is 2.48 bits per heavy atom. The molecule has 0 bridgehead atoms. The van der Waals surface area contributed by atoms with Crippen molar-refractivity contribution in [3.05, 3.63) is 29.8 Å². The molecule has 3 unspecified atom stereocenters. The number of anilines is 1. The van der Waals surface area contributed by atoms with Crippen LogP contribution in [0.4, 0.5) is 5.69 Å². The Labute approximate surface area is 122 Å². The van der Waals surface area contributed by atoms with Gasteiger partial charge in [0.2, 0.25) is 12.3 Å². The van der Waals surface area contributed by atoms with Crippen LogP contribution in [-0.4, -0.2) is 29.4 Å². The molecule has 1 saturated carbocycles. The van der Waals surface area contributed by atoms with Gasteiger partial charge in [-0.05, 0) is 31.9 Å². The van der Waals surface area contributed by atoms with Crippen LogP contribution in [0, 0.1) is 18.8 Å². The van der Waals surface area contributed by atoms with E-state index in [0.717, 1.165) is 5.56 Å². The molecule has 2 rings (SSSR count). The standard InChI is InChI=1S/C15H18N2O4/c1-9-2-4-11(5-3-9)17-14(19)12-6-10(15(20)21)7-13(12)16-8-18/h2-5,8,10,12-13H,6-7H2,1H3,(H,16,18)(H,17,19)(H,20,21). The van der Waals surface area contributed by atoms with Gasteiger partial charge in [0.25, 0.3) is 0 Å². The van der Waals surface area contributed by atoms with Gasteiger partial charge in [0.05, 0.1) is 11.8 Å². The van der Waals surface area contributed by atoms with Gasteiger partial charge >= 0.3 is 5.97 Å². The summed E-state index contributed by atoms with van der Waals surface area (Å²) < 4.78 is 0. The van der Waals surface area contributed by atoms with E-state index in [9.17, 15) is 14.4 Å². The summed E-state index contributed by atoms with van der Waals surface area (Å²) in [5.74, 6) is -2.32. The molecule has 3 atom stereocenters. The van der Waals surface area contributed by atoms with Crippen LogP contribution in [0.5, 0.6) is 0 Å². The third kappa shape index (κ3) is 3.59. The molecule has 0 aromatic heterocycles.